The van der Waals surface area contributed by atoms with Gasteiger partial charge in [-0.1, -0.05) is 17.7 Å². The molecular formula is C39H46ClF3N10O4S. The number of nitrogens with zero attached hydrogens (tertiary/aromatic N) is 8. The third kappa shape index (κ3) is 8.60. The molecule has 0 unspecified atom stereocenters. The molecule has 4 fully saturated rings. The summed E-state index contributed by atoms with van der Waals surface area (Å²) in [6.07, 6.45) is 2.88. The third-order valence-corrected chi connectivity index (χ3v) is 14.1. The summed E-state index contributed by atoms with van der Waals surface area (Å²) in [7, 11) is -2.33. The molecule has 6 heterocycles. The number of carbonyl (C=O) groups excluding carboxylic acids is 2. The van der Waals surface area contributed by atoms with Crippen molar-refractivity contribution in [3.63, 3.8) is 0 Å². The largest absolute Gasteiger partial charge is 0.416 e. The summed E-state index contributed by atoms with van der Waals surface area (Å²) in [5.41, 5.74) is 1.45. The van der Waals surface area contributed by atoms with Crippen molar-refractivity contribution in [3.05, 3.63) is 64.9 Å². The molecule has 14 nitrogen and oxygen atoms in total. The third-order valence-electron chi connectivity index (χ3n) is 12.0. The molecule has 3 amide bonds. The number of sulfonamides is 1. The average molecular weight is 843 g/mol. The summed E-state index contributed by atoms with van der Waals surface area (Å²) in [6.45, 7) is 4.41. The van der Waals surface area contributed by atoms with Crippen molar-refractivity contribution in [3.8, 4) is 0 Å². The van der Waals surface area contributed by atoms with Crippen LogP contribution in [0.1, 0.15) is 62.0 Å². The molecule has 58 heavy (non-hydrogen) atoms. The maximum Gasteiger partial charge on any atom is 0.416 e. The monoisotopic (exact) mass is 842 g/mol. The molecule has 4 aliphatic rings. The van der Waals surface area contributed by atoms with Gasteiger partial charge in [0, 0.05) is 69.9 Å². The standard InChI is InChI=1S/C39H46ClF3N10O4S/c1-49-34-18-27(2-3-33(34)36(48-49)53-17-10-35(54)47-38(53)55)26-6-11-50(12-7-26)24-25-4-13-51(14-5-25)31-19-28(39(41,42)43)20-32(21-31)58(56,57)52-15-8-30(9-16-52)46-37-44-22-29(40)23-45-37/h2-3,18-23,25-26,30H,4-17,24H2,1H3,(H,44,45,46)(H,47,54,55). The van der Waals surface area contributed by atoms with Crippen molar-refractivity contribution >= 4 is 61.9 Å². The van der Waals surface area contributed by atoms with Gasteiger partial charge < -0.3 is 15.1 Å². The fraction of sp³-hybridized carbons (Fsp3) is 0.513. The molecule has 4 aromatic rings. The number of urea groups is 1. The lowest BCUT2D eigenvalue weighted by Gasteiger charge is -2.38. The fourth-order valence-electron chi connectivity index (χ4n) is 8.70. The first-order valence-electron chi connectivity index (χ1n) is 19.7. The van der Waals surface area contributed by atoms with Crippen LogP contribution in [0.2, 0.25) is 5.02 Å². The molecule has 19 heteroatoms. The number of likely N-dealkylation sites (tertiary alicyclic amines) is 1. The molecule has 310 valence electrons. The van der Waals surface area contributed by atoms with Crippen LogP contribution in [0.5, 0.6) is 0 Å². The van der Waals surface area contributed by atoms with Crippen molar-refractivity contribution in [2.75, 3.05) is 67.5 Å². The molecule has 8 rings (SSSR count). The number of anilines is 3. The van der Waals surface area contributed by atoms with Gasteiger partial charge in [0.1, 0.15) is 0 Å². The van der Waals surface area contributed by atoms with Crippen molar-refractivity contribution in [1.29, 1.82) is 0 Å². The molecule has 4 saturated heterocycles. The highest BCUT2D eigenvalue weighted by molar-refractivity contribution is 7.89. The van der Waals surface area contributed by atoms with Crippen LogP contribution in [0.15, 0.2) is 53.7 Å². The number of aryl methyl sites for hydroxylation is 1. The normalized spacial score (nSPS) is 20.2. The number of rotatable bonds is 9. The first kappa shape index (κ1) is 40.3. The molecule has 0 saturated carbocycles. The SMILES string of the molecule is Cn1nc(N2CCC(=O)NC2=O)c2ccc(C3CCN(CC4CCN(c5cc(C(F)(F)F)cc(S(=O)(=O)N6CCC(Nc7ncc(Cl)cn7)CC6)c5)CC4)CC3)cc21. The minimum absolute atomic E-state index is 0.0953. The summed E-state index contributed by atoms with van der Waals surface area (Å²) in [4.78, 5) is 37.9. The Hall–Kier alpha value is -4.52. The van der Waals surface area contributed by atoms with E-state index in [1.165, 1.54) is 33.2 Å². The molecule has 2 aromatic carbocycles. The minimum Gasteiger partial charge on any atom is -0.371 e. The summed E-state index contributed by atoms with van der Waals surface area (Å²) < 4.78 is 73.2. The van der Waals surface area contributed by atoms with Gasteiger partial charge >= 0.3 is 12.2 Å². The second-order valence-electron chi connectivity index (χ2n) is 15.7. The Balaban J connectivity index is 0.857. The van der Waals surface area contributed by atoms with Crippen molar-refractivity contribution < 1.29 is 31.2 Å². The Kier molecular flexibility index (Phi) is 11.3. The van der Waals surface area contributed by atoms with E-state index in [2.05, 4.69) is 42.7 Å². The van der Waals surface area contributed by atoms with Crippen LogP contribution in [0.25, 0.3) is 10.9 Å². The van der Waals surface area contributed by atoms with Gasteiger partial charge in [-0.15, -0.1) is 0 Å². The summed E-state index contributed by atoms with van der Waals surface area (Å²) in [5.74, 6) is 1.38. The Morgan fingerprint density at radius 2 is 1.60 bits per heavy atom. The topological polar surface area (TPSA) is 149 Å². The zero-order valence-electron chi connectivity index (χ0n) is 32.1. The number of nitrogens with one attached hydrogen (secondary N) is 2. The van der Waals surface area contributed by atoms with Gasteiger partial charge in [-0.3, -0.25) is 19.7 Å². The van der Waals surface area contributed by atoms with Gasteiger partial charge in [0.25, 0.3) is 0 Å². The lowest BCUT2D eigenvalue weighted by molar-refractivity contribution is -0.137. The number of hydrogen-bond acceptors (Lipinski definition) is 10. The van der Waals surface area contributed by atoms with Crippen molar-refractivity contribution in [2.24, 2.45) is 13.0 Å². The van der Waals surface area contributed by atoms with E-state index in [1.54, 1.807) is 4.68 Å². The number of benzene rings is 2. The van der Waals surface area contributed by atoms with Crippen LogP contribution in [0, 0.1) is 5.92 Å². The second kappa shape index (κ2) is 16.3. The molecule has 2 aromatic heterocycles. The Labute approximate surface area is 339 Å². The lowest BCUT2D eigenvalue weighted by atomic mass is 9.88. The Bertz CT molecular complexity index is 2270. The van der Waals surface area contributed by atoms with E-state index in [0.717, 1.165) is 68.4 Å². The van der Waals surface area contributed by atoms with Crippen LogP contribution in [-0.4, -0.2) is 108 Å². The van der Waals surface area contributed by atoms with Crippen LogP contribution in [0.3, 0.4) is 0 Å². The van der Waals surface area contributed by atoms with E-state index in [4.69, 9.17) is 11.6 Å². The first-order chi connectivity index (χ1) is 27.7. The van der Waals surface area contributed by atoms with E-state index >= 15 is 0 Å². The predicted molar refractivity (Wildman–Crippen MR) is 213 cm³/mol. The average Bonchev–Trinajstić information content (AvgIpc) is 3.54. The molecule has 2 N–H and O–H groups in total. The number of halogens is 4. The highest BCUT2D eigenvalue weighted by Gasteiger charge is 2.37. The van der Waals surface area contributed by atoms with E-state index in [0.29, 0.717) is 54.6 Å². The molecule has 0 aliphatic carbocycles. The quantitative estimate of drug-likeness (QED) is 0.211. The predicted octanol–water partition coefficient (Wildman–Crippen LogP) is 5.84. The summed E-state index contributed by atoms with van der Waals surface area (Å²) >= 11 is 5.86. The number of piperidine rings is 3. The number of amides is 3. The zero-order chi connectivity index (χ0) is 40.8. The Morgan fingerprint density at radius 3 is 2.28 bits per heavy atom. The van der Waals surface area contributed by atoms with Crippen LogP contribution < -0.4 is 20.4 Å². The summed E-state index contributed by atoms with van der Waals surface area (Å²) in [5, 5.41) is 11.4. The molecule has 0 spiro atoms. The number of alkyl halides is 3. The van der Waals surface area contributed by atoms with Crippen molar-refractivity contribution in [2.45, 2.75) is 68.0 Å². The van der Waals surface area contributed by atoms with Gasteiger partial charge in [-0.25, -0.2) is 23.2 Å². The maximum atomic E-state index is 14.2. The fourth-order valence-corrected chi connectivity index (χ4v) is 10.3. The molecule has 0 atom stereocenters. The highest BCUT2D eigenvalue weighted by atomic mass is 35.5. The van der Waals surface area contributed by atoms with E-state index in [1.807, 2.05) is 18.0 Å². The molecule has 0 radical (unpaired) electrons. The van der Waals surface area contributed by atoms with Crippen molar-refractivity contribution in [1.82, 2.24) is 34.3 Å². The molecule has 0 bridgehead atoms. The van der Waals surface area contributed by atoms with E-state index in [9.17, 15) is 31.2 Å². The first-order valence-corrected chi connectivity index (χ1v) is 21.5. The van der Waals surface area contributed by atoms with Gasteiger partial charge in [0.15, 0.2) is 5.82 Å². The maximum absolute atomic E-state index is 14.2. The molecule has 4 aliphatic heterocycles. The highest BCUT2D eigenvalue weighted by Crippen LogP contribution is 2.38. The van der Waals surface area contributed by atoms with E-state index < -0.39 is 27.8 Å². The number of imide groups is 1. The minimum atomic E-state index is -4.71. The van der Waals surface area contributed by atoms with Gasteiger partial charge in [-0.05, 0) is 99.3 Å². The van der Waals surface area contributed by atoms with E-state index in [-0.39, 0.29) is 48.6 Å². The van der Waals surface area contributed by atoms with Crippen LogP contribution >= 0.6 is 11.6 Å². The van der Waals surface area contributed by atoms with Crippen LogP contribution in [-0.2, 0) is 28.0 Å². The number of aromatic nitrogens is 4. The number of fused-ring (bicyclic) bond motifs is 1. The summed E-state index contributed by atoms with van der Waals surface area (Å²) in [6, 6.07) is 8.95. The smallest absolute Gasteiger partial charge is 0.371 e. The zero-order valence-corrected chi connectivity index (χ0v) is 33.7. The second-order valence-corrected chi connectivity index (χ2v) is 18.1. The van der Waals surface area contributed by atoms with Gasteiger partial charge in [-0.2, -0.15) is 22.6 Å². The Morgan fingerprint density at radius 1 is 0.897 bits per heavy atom. The molecular weight excluding hydrogens is 797 g/mol. The van der Waals surface area contributed by atoms with Crippen LogP contribution in [0.4, 0.5) is 35.4 Å². The lowest BCUT2D eigenvalue weighted by Crippen LogP contribution is -2.49. The van der Waals surface area contributed by atoms with Gasteiger partial charge in [0.2, 0.25) is 21.9 Å². The number of carbonyl (C=O) groups is 2. The van der Waals surface area contributed by atoms with Gasteiger partial charge in [0.05, 0.1) is 33.4 Å². The number of hydrogen-bond donors (Lipinski definition) is 2.